The number of benzene rings is 2. The van der Waals surface area contributed by atoms with Crippen LogP contribution < -0.4 is 20.9 Å². The Morgan fingerprint density at radius 1 is 1.14 bits per heavy atom. The van der Waals surface area contributed by atoms with Crippen molar-refractivity contribution in [3.63, 3.8) is 0 Å². The van der Waals surface area contributed by atoms with Crippen molar-refractivity contribution in [1.29, 1.82) is 0 Å². The standard InChI is InChI=1S/C21H29N3O3S/c1-27-19-4-2-3-17(13-19)21(15-22)11-9-18(10-12-21)24-14-16-5-7-20(8-6-16)28(23,25)26/h2-8,13,18,24H,9-12,14-15,22H2,1H3,(H2,23,25,26). The van der Waals surface area contributed by atoms with Gasteiger partial charge in [-0.25, -0.2) is 13.6 Å². The molecule has 0 unspecified atom stereocenters. The molecule has 0 heterocycles. The average Bonchev–Trinajstić information content (AvgIpc) is 2.72. The monoisotopic (exact) mass is 403 g/mol. The van der Waals surface area contributed by atoms with Gasteiger partial charge in [-0.2, -0.15) is 0 Å². The van der Waals surface area contributed by atoms with E-state index in [0.717, 1.165) is 37.0 Å². The molecule has 6 nitrogen and oxygen atoms in total. The van der Waals surface area contributed by atoms with Crippen LogP contribution in [-0.2, 0) is 22.0 Å². The number of sulfonamides is 1. The van der Waals surface area contributed by atoms with E-state index >= 15 is 0 Å². The molecule has 2 aromatic rings. The van der Waals surface area contributed by atoms with Gasteiger partial charge in [-0.05, 0) is 61.1 Å². The Morgan fingerprint density at radius 2 is 1.82 bits per heavy atom. The summed E-state index contributed by atoms with van der Waals surface area (Å²) in [6.07, 6.45) is 4.14. The second-order valence-electron chi connectivity index (χ2n) is 7.56. The van der Waals surface area contributed by atoms with Gasteiger partial charge in [0.25, 0.3) is 0 Å². The first-order valence-corrected chi connectivity index (χ1v) is 11.1. The van der Waals surface area contributed by atoms with E-state index in [-0.39, 0.29) is 10.3 Å². The number of nitrogens with two attached hydrogens (primary N) is 2. The third kappa shape index (κ3) is 4.72. The highest BCUT2D eigenvalue weighted by Crippen LogP contribution is 2.39. The van der Waals surface area contributed by atoms with Crippen molar-refractivity contribution in [3.8, 4) is 5.75 Å². The van der Waals surface area contributed by atoms with Gasteiger partial charge in [0, 0.05) is 24.5 Å². The summed E-state index contributed by atoms with van der Waals surface area (Å²) in [4.78, 5) is 0.139. The maximum absolute atomic E-state index is 11.3. The van der Waals surface area contributed by atoms with E-state index < -0.39 is 10.0 Å². The summed E-state index contributed by atoms with van der Waals surface area (Å²) in [7, 11) is -1.96. The lowest BCUT2D eigenvalue weighted by Crippen LogP contribution is -2.43. The summed E-state index contributed by atoms with van der Waals surface area (Å²) >= 11 is 0. The van der Waals surface area contributed by atoms with Crippen LogP contribution in [0.5, 0.6) is 5.75 Å². The molecule has 5 N–H and O–H groups in total. The largest absolute Gasteiger partial charge is 0.497 e. The molecule has 2 aromatic carbocycles. The van der Waals surface area contributed by atoms with Crippen LogP contribution in [0.4, 0.5) is 0 Å². The lowest BCUT2D eigenvalue weighted by Gasteiger charge is -2.40. The predicted octanol–water partition coefficient (Wildman–Crippen LogP) is 2.27. The molecule has 1 aliphatic carbocycles. The quantitative estimate of drug-likeness (QED) is 0.657. The third-order valence-corrected chi connectivity index (χ3v) is 6.79. The van der Waals surface area contributed by atoms with Crippen LogP contribution in [0.2, 0.25) is 0 Å². The molecule has 3 rings (SSSR count). The van der Waals surface area contributed by atoms with Crippen LogP contribution in [0.25, 0.3) is 0 Å². The molecule has 0 aliphatic heterocycles. The van der Waals surface area contributed by atoms with Gasteiger partial charge in [-0.3, -0.25) is 0 Å². The molecule has 0 bridgehead atoms. The van der Waals surface area contributed by atoms with Gasteiger partial charge < -0.3 is 15.8 Å². The van der Waals surface area contributed by atoms with E-state index in [9.17, 15) is 8.42 Å². The molecule has 0 spiro atoms. The predicted molar refractivity (Wildman–Crippen MR) is 111 cm³/mol. The molecule has 7 heteroatoms. The zero-order valence-corrected chi connectivity index (χ0v) is 17.0. The van der Waals surface area contributed by atoms with Gasteiger partial charge in [0.05, 0.1) is 12.0 Å². The number of methoxy groups -OCH3 is 1. The molecule has 152 valence electrons. The number of nitrogens with one attached hydrogen (secondary N) is 1. The maximum Gasteiger partial charge on any atom is 0.238 e. The van der Waals surface area contributed by atoms with Gasteiger partial charge in [0.2, 0.25) is 10.0 Å². The van der Waals surface area contributed by atoms with Crippen molar-refractivity contribution in [2.45, 2.75) is 48.6 Å². The Kier molecular flexibility index (Phi) is 6.40. The van der Waals surface area contributed by atoms with Crippen molar-refractivity contribution in [1.82, 2.24) is 5.32 Å². The first kappa shape index (κ1) is 20.8. The molecule has 1 fully saturated rings. The van der Waals surface area contributed by atoms with Crippen LogP contribution >= 0.6 is 0 Å². The van der Waals surface area contributed by atoms with E-state index in [4.69, 9.17) is 15.6 Å². The number of rotatable bonds is 7. The van der Waals surface area contributed by atoms with E-state index in [1.807, 2.05) is 12.1 Å². The lowest BCUT2D eigenvalue weighted by molar-refractivity contribution is 0.250. The van der Waals surface area contributed by atoms with Gasteiger partial charge in [-0.1, -0.05) is 24.3 Å². The first-order chi connectivity index (χ1) is 13.4. The molecule has 1 saturated carbocycles. The summed E-state index contributed by atoms with van der Waals surface area (Å²) in [5, 5.41) is 8.73. The van der Waals surface area contributed by atoms with E-state index in [2.05, 4.69) is 17.4 Å². The summed E-state index contributed by atoms with van der Waals surface area (Å²) in [6, 6.07) is 15.4. The van der Waals surface area contributed by atoms with Crippen LogP contribution in [0.3, 0.4) is 0 Å². The Morgan fingerprint density at radius 3 is 2.39 bits per heavy atom. The summed E-state index contributed by atoms with van der Waals surface area (Å²) in [5.41, 5.74) is 8.50. The minimum absolute atomic E-state index is 0.00382. The molecule has 0 radical (unpaired) electrons. The number of hydrogen-bond donors (Lipinski definition) is 3. The van der Waals surface area contributed by atoms with Gasteiger partial charge in [-0.15, -0.1) is 0 Å². The highest BCUT2D eigenvalue weighted by atomic mass is 32.2. The fraction of sp³-hybridized carbons (Fsp3) is 0.429. The minimum atomic E-state index is -3.64. The molecule has 0 saturated heterocycles. The molecule has 28 heavy (non-hydrogen) atoms. The molecular weight excluding hydrogens is 374 g/mol. The van der Waals surface area contributed by atoms with Crippen LogP contribution in [0, 0.1) is 0 Å². The first-order valence-electron chi connectivity index (χ1n) is 9.56. The Hall–Kier alpha value is -1.93. The van der Waals surface area contributed by atoms with Crippen molar-refractivity contribution < 1.29 is 13.2 Å². The van der Waals surface area contributed by atoms with Crippen LogP contribution in [-0.4, -0.2) is 28.1 Å². The summed E-state index contributed by atoms with van der Waals surface area (Å²) in [6.45, 7) is 1.33. The molecule has 0 aromatic heterocycles. The number of ether oxygens (including phenoxy) is 1. The van der Waals surface area contributed by atoms with Crippen LogP contribution in [0.1, 0.15) is 36.8 Å². The maximum atomic E-state index is 11.3. The second kappa shape index (κ2) is 8.61. The fourth-order valence-corrected chi connectivity index (χ4v) is 4.51. The third-order valence-electron chi connectivity index (χ3n) is 5.86. The summed E-state index contributed by atoms with van der Waals surface area (Å²) in [5.74, 6) is 0.869. The zero-order valence-electron chi connectivity index (χ0n) is 16.2. The zero-order chi connectivity index (χ0) is 20.2. The average molecular weight is 404 g/mol. The van der Waals surface area contributed by atoms with Gasteiger partial charge >= 0.3 is 0 Å². The van der Waals surface area contributed by atoms with Crippen molar-refractivity contribution in [3.05, 3.63) is 59.7 Å². The van der Waals surface area contributed by atoms with E-state index in [1.54, 1.807) is 31.4 Å². The highest BCUT2D eigenvalue weighted by molar-refractivity contribution is 7.89. The fourth-order valence-electron chi connectivity index (χ4n) is 4.00. The van der Waals surface area contributed by atoms with E-state index in [1.165, 1.54) is 5.56 Å². The Balaban J connectivity index is 1.58. The number of primary sulfonamides is 1. The summed E-state index contributed by atoms with van der Waals surface area (Å²) < 4.78 is 28.1. The topological polar surface area (TPSA) is 107 Å². The SMILES string of the molecule is COc1cccc(C2(CN)CCC(NCc3ccc(S(N)(=O)=O)cc3)CC2)c1. The Bertz CT molecular complexity index is 889. The van der Waals surface area contributed by atoms with Crippen molar-refractivity contribution in [2.24, 2.45) is 10.9 Å². The molecular formula is C21H29N3O3S. The van der Waals surface area contributed by atoms with Crippen molar-refractivity contribution >= 4 is 10.0 Å². The minimum Gasteiger partial charge on any atom is -0.497 e. The van der Waals surface area contributed by atoms with Gasteiger partial charge in [0.15, 0.2) is 0 Å². The smallest absolute Gasteiger partial charge is 0.238 e. The van der Waals surface area contributed by atoms with Gasteiger partial charge in [0.1, 0.15) is 5.75 Å². The Labute approximate surface area is 167 Å². The van der Waals surface area contributed by atoms with Crippen LogP contribution in [0.15, 0.2) is 53.4 Å². The lowest BCUT2D eigenvalue weighted by atomic mass is 9.68. The highest BCUT2D eigenvalue weighted by Gasteiger charge is 2.35. The number of hydrogen-bond acceptors (Lipinski definition) is 5. The second-order valence-corrected chi connectivity index (χ2v) is 9.12. The molecule has 1 aliphatic rings. The van der Waals surface area contributed by atoms with E-state index in [0.29, 0.717) is 19.1 Å². The van der Waals surface area contributed by atoms with Crippen molar-refractivity contribution in [2.75, 3.05) is 13.7 Å². The normalized spacial score (nSPS) is 22.8. The molecule has 0 amide bonds. The molecule has 0 atom stereocenters.